The number of amides is 1. The van der Waals surface area contributed by atoms with Crippen molar-refractivity contribution in [2.24, 2.45) is 11.7 Å². The third-order valence-electron chi connectivity index (χ3n) is 2.09. The van der Waals surface area contributed by atoms with Gasteiger partial charge in [0, 0.05) is 6.54 Å². The van der Waals surface area contributed by atoms with E-state index in [9.17, 15) is 4.79 Å². The molecule has 0 heterocycles. The Kier molecular flexibility index (Phi) is 7.95. The van der Waals surface area contributed by atoms with Crippen molar-refractivity contribution >= 4 is 5.91 Å². The fraction of sp³-hybridized carbons (Fsp3) is 0.727. The van der Waals surface area contributed by atoms with Crippen molar-refractivity contribution in [1.29, 1.82) is 0 Å². The largest absolute Gasteiger partial charge is 0.368 e. The zero-order valence-corrected chi connectivity index (χ0v) is 9.66. The molecule has 0 aromatic heterocycles. The molecule has 0 fully saturated rings. The Balaban J connectivity index is 3.64. The van der Waals surface area contributed by atoms with E-state index in [1.807, 2.05) is 6.92 Å². The summed E-state index contributed by atoms with van der Waals surface area (Å²) in [5, 5.41) is 2.79. The molecule has 4 nitrogen and oxygen atoms in total. The Morgan fingerprint density at radius 1 is 1.60 bits per heavy atom. The molecular formula is C11H22N2O2. The van der Waals surface area contributed by atoms with Gasteiger partial charge in [0.2, 0.25) is 5.91 Å². The lowest BCUT2D eigenvalue weighted by atomic mass is 10.2. The second kappa shape index (κ2) is 8.44. The molecule has 2 atom stereocenters. The van der Waals surface area contributed by atoms with Gasteiger partial charge in [0.25, 0.3) is 0 Å². The number of ether oxygens (including phenoxy) is 1. The smallest absolute Gasteiger partial charge is 0.248 e. The second-order valence-electron chi connectivity index (χ2n) is 3.68. The van der Waals surface area contributed by atoms with Crippen molar-refractivity contribution in [2.75, 3.05) is 19.7 Å². The first-order valence-electron chi connectivity index (χ1n) is 5.32. The van der Waals surface area contributed by atoms with Gasteiger partial charge in [0.05, 0.1) is 6.61 Å². The van der Waals surface area contributed by atoms with Crippen LogP contribution in [-0.4, -0.2) is 31.7 Å². The van der Waals surface area contributed by atoms with Crippen LogP contribution in [0.25, 0.3) is 0 Å². The maximum absolute atomic E-state index is 11.5. The highest BCUT2D eigenvalue weighted by Gasteiger charge is 2.12. The van der Waals surface area contributed by atoms with Crippen LogP contribution >= 0.6 is 0 Å². The normalized spacial score (nSPS) is 14.3. The van der Waals surface area contributed by atoms with E-state index in [1.165, 1.54) is 0 Å². The number of carbonyl (C=O) groups is 1. The highest BCUT2D eigenvalue weighted by Crippen LogP contribution is 1.94. The zero-order chi connectivity index (χ0) is 11.7. The first-order valence-corrected chi connectivity index (χ1v) is 5.32. The van der Waals surface area contributed by atoms with Crippen molar-refractivity contribution in [3.05, 3.63) is 12.7 Å². The molecule has 0 aliphatic heterocycles. The standard InChI is InChI=1S/C11H22N2O2/c1-4-5-6-15-10(3)11(14)13-8-9(2)7-12/h4,9-10H,1,5-8,12H2,2-3H3,(H,13,14). The average Bonchev–Trinajstić information content (AvgIpc) is 2.25. The molecule has 15 heavy (non-hydrogen) atoms. The molecule has 0 spiro atoms. The molecule has 2 unspecified atom stereocenters. The lowest BCUT2D eigenvalue weighted by molar-refractivity contribution is -0.131. The minimum absolute atomic E-state index is 0.0839. The van der Waals surface area contributed by atoms with E-state index in [2.05, 4.69) is 11.9 Å². The van der Waals surface area contributed by atoms with Crippen molar-refractivity contribution in [1.82, 2.24) is 5.32 Å². The molecule has 1 amide bonds. The molecule has 0 aromatic carbocycles. The number of nitrogens with two attached hydrogens (primary N) is 1. The topological polar surface area (TPSA) is 64.3 Å². The van der Waals surface area contributed by atoms with E-state index in [4.69, 9.17) is 10.5 Å². The summed E-state index contributed by atoms with van der Waals surface area (Å²) in [7, 11) is 0. The van der Waals surface area contributed by atoms with Gasteiger partial charge in [-0.25, -0.2) is 0 Å². The van der Waals surface area contributed by atoms with E-state index in [1.54, 1.807) is 13.0 Å². The average molecular weight is 214 g/mol. The molecule has 0 bridgehead atoms. The highest BCUT2D eigenvalue weighted by molar-refractivity contribution is 5.80. The summed E-state index contributed by atoms with van der Waals surface area (Å²) in [6.07, 6.45) is 2.12. The van der Waals surface area contributed by atoms with Crippen LogP contribution < -0.4 is 11.1 Å². The van der Waals surface area contributed by atoms with Gasteiger partial charge in [-0.1, -0.05) is 13.0 Å². The summed E-state index contributed by atoms with van der Waals surface area (Å²) in [6, 6.07) is 0. The third kappa shape index (κ3) is 7.11. The summed E-state index contributed by atoms with van der Waals surface area (Å²) >= 11 is 0. The van der Waals surface area contributed by atoms with Crippen LogP contribution in [-0.2, 0) is 9.53 Å². The van der Waals surface area contributed by atoms with Gasteiger partial charge in [-0.3, -0.25) is 4.79 Å². The minimum atomic E-state index is -0.407. The summed E-state index contributed by atoms with van der Waals surface area (Å²) in [5.41, 5.74) is 5.44. The van der Waals surface area contributed by atoms with Crippen LogP contribution in [0.2, 0.25) is 0 Å². The second-order valence-corrected chi connectivity index (χ2v) is 3.68. The van der Waals surface area contributed by atoms with Gasteiger partial charge in [-0.05, 0) is 25.8 Å². The van der Waals surface area contributed by atoms with E-state index in [0.29, 0.717) is 25.6 Å². The minimum Gasteiger partial charge on any atom is -0.368 e. The molecular weight excluding hydrogens is 192 g/mol. The predicted molar refractivity (Wildman–Crippen MR) is 61.5 cm³/mol. The molecule has 0 aliphatic carbocycles. The number of carbonyl (C=O) groups excluding carboxylic acids is 1. The van der Waals surface area contributed by atoms with E-state index < -0.39 is 6.10 Å². The van der Waals surface area contributed by atoms with Crippen LogP contribution in [0.5, 0.6) is 0 Å². The molecule has 4 heteroatoms. The number of rotatable bonds is 8. The Morgan fingerprint density at radius 3 is 2.80 bits per heavy atom. The van der Waals surface area contributed by atoms with Crippen molar-refractivity contribution in [3.8, 4) is 0 Å². The molecule has 0 rings (SSSR count). The summed E-state index contributed by atoms with van der Waals surface area (Å²) in [4.78, 5) is 11.5. The summed E-state index contributed by atoms with van der Waals surface area (Å²) in [6.45, 7) is 9.02. The van der Waals surface area contributed by atoms with Crippen LogP contribution in [0.3, 0.4) is 0 Å². The Bertz CT molecular complexity index is 195. The molecule has 0 radical (unpaired) electrons. The van der Waals surface area contributed by atoms with Gasteiger partial charge in [-0.15, -0.1) is 6.58 Å². The molecule has 88 valence electrons. The Labute approximate surface area is 91.9 Å². The summed E-state index contributed by atoms with van der Waals surface area (Å²) < 4.78 is 5.30. The Morgan fingerprint density at radius 2 is 2.27 bits per heavy atom. The maximum Gasteiger partial charge on any atom is 0.248 e. The number of hydrogen-bond donors (Lipinski definition) is 2. The van der Waals surface area contributed by atoms with Gasteiger partial charge in [0.15, 0.2) is 0 Å². The predicted octanol–water partition coefficient (Wildman–Crippen LogP) is 0.679. The molecule has 3 N–H and O–H groups in total. The lowest BCUT2D eigenvalue weighted by Crippen LogP contribution is -2.38. The lowest BCUT2D eigenvalue weighted by Gasteiger charge is -2.14. The van der Waals surface area contributed by atoms with Crippen molar-refractivity contribution < 1.29 is 9.53 Å². The van der Waals surface area contributed by atoms with E-state index in [0.717, 1.165) is 6.42 Å². The van der Waals surface area contributed by atoms with Crippen LogP contribution in [0.15, 0.2) is 12.7 Å². The maximum atomic E-state index is 11.5. The van der Waals surface area contributed by atoms with Gasteiger partial charge >= 0.3 is 0 Å². The first-order chi connectivity index (χ1) is 7.11. The third-order valence-corrected chi connectivity index (χ3v) is 2.09. The summed E-state index contributed by atoms with van der Waals surface area (Å²) in [5.74, 6) is 0.216. The van der Waals surface area contributed by atoms with Gasteiger partial charge in [-0.2, -0.15) is 0 Å². The van der Waals surface area contributed by atoms with Gasteiger partial charge < -0.3 is 15.8 Å². The van der Waals surface area contributed by atoms with Crippen LogP contribution in [0.1, 0.15) is 20.3 Å². The van der Waals surface area contributed by atoms with Crippen LogP contribution in [0, 0.1) is 5.92 Å². The fourth-order valence-electron chi connectivity index (χ4n) is 0.906. The zero-order valence-electron chi connectivity index (χ0n) is 9.66. The molecule has 0 aliphatic rings. The fourth-order valence-corrected chi connectivity index (χ4v) is 0.906. The quantitative estimate of drug-likeness (QED) is 0.461. The van der Waals surface area contributed by atoms with Crippen molar-refractivity contribution in [3.63, 3.8) is 0 Å². The van der Waals surface area contributed by atoms with Crippen LogP contribution in [0.4, 0.5) is 0 Å². The van der Waals surface area contributed by atoms with E-state index in [-0.39, 0.29) is 5.91 Å². The highest BCUT2D eigenvalue weighted by atomic mass is 16.5. The van der Waals surface area contributed by atoms with E-state index >= 15 is 0 Å². The molecule has 0 saturated heterocycles. The monoisotopic (exact) mass is 214 g/mol. The number of nitrogens with one attached hydrogen (secondary N) is 1. The Hall–Kier alpha value is -0.870. The molecule has 0 saturated carbocycles. The SMILES string of the molecule is C=CCCOC(C)C(=O)NCC(C)CN. The van der Waals surface area contributed by atoms with Gasteiger partial charge in [0.1, 0.15) is 6.10 Å². The molecule has 0 aromatic rings. The number of hydrogen-bond acceptors (Lipinski definition) is 3. The van der Waals surface area contributed by atoms with Crippen molar-refractivity contribution in [2.45, 2.75) is 26.4 Å². The first kappa shape index (κ1) is 14.1.